The summed E-state index contributed by atoms with van der Waals surface area (Å²) in [6, 6.07) is 8.97. The molecule has 0 bridgehead atoms. The van der Waals surface area contributed by atoms with Crippen LogP contribution >= 0.6 is 15.9 Å². The van der Waals surface area contributed by atoms with Gasteiger partial charge >= 0.3 is 0 Å². The average Bonchev–Trinajstić information content (AvgIpc) is 2.25. The first-order valence-corrected chi connectivity index (χ1v) is 6.89. The molecule has 0 aliphatic carbocycles. The Balaban J connectivity index is 2.52. The summed E-state index contributed by atoms with van der Waals surface area (Å²) in [4.78, 5) is 0. The molecule has 0 fully saturated rings. The standard InChI is InChI=1S/C16H16BrFO/c1-9-4-11(3)15(14(18)7-9)16(19)12-5-10(2)6-13(17)8-12/h4-8,16,19H,1-3H3. The van der Waals surface area contributed by atoms with Crippen LogP contribution in [0.5, 0.6) is 0 Å². The second kappa shape index (κ2) is 5.43. The lowest BCUT2D eigenvalue weighted by atomic mass is 9.95. The molecular formula is C16H16BrFO. The Hall–Kier alpha value is -1.19. The van der Waals surface area contributed by atoms with Crippen LogP contribution in [0.2, 0.25) is 0 Å². The molecule has 1 N–H and O–H groups in total. The minimum absolute atomic E-state index is 0.350. The van der Waals surface area contributed by atoms with Crippen molar-refractivity contribution < 1.29 is 9.50 Å². The van der Waals surface area contributed by atoms with Crippen LogP contribution in [0.15, 0.2) is 34.8 Å². The number of rotatable bonds is 2. The number of halogens is 2. The maximum atomic E-state index is 14.1. The highest BCUT2D eigenvalue weighted by atomic mass is 79.9. The second-order valence-corrected chi connectivity index (χ2v) is 5.86. The van der Waals surface area contributed by atoms with Gasteiger partial charge in [-0.1, -0.05) is 28.1 Å². The Morgan fingerprint density at radius 2 is 1.63 bits per heavy atom. The molecule has 2 aromatic rings. The summed E-state index contributed by atoms with van der Waals surface area (Å²) in [5, 5.41) is 10.4. The Kier molecular flexibility index (Phi) is 4.07. The SMILES string of the molecule is Cc1cc(Br)cc(C(O)c2c(C)cc(C)cc2F)c1. The van der Waals surface area contributed by atoms with Gasteiger partial charge in [0.05, 0.1) is 0 Å². The maximum absolute atomic E-state index is 14.1. The average molecular weight is 323 g/mol. The first-order valence-electron chi connectivity index (χ1n) is 6.10. The lowest BCUT2D eigenvalue weighted by Crippen LogP contribution is -2.06. The summed E-state index contributed by atoms with van der Waals surface area (Å²) in [7, 11) is 0. The zero-order chi connectivity index (χ0) is 14.2. The molecule has 1 atom stereocenters. The molecule has 0 amide bonds. The van der Waals surface area contributed by atoms with Crippen molar-refractivity contribution >= 4 is 15.9 Å². The Morgan fingerprint density at radius 3 is 2.21 bits per heavy atom. The topological polar surface area (TPSA) is 20.2 Å². The fourth-order valence-electron chi connectivity index (χ4n) is 2.36. The van der Waals surface area contributed by atoms with Crippen molar-refractivity contribution in [1.82, 2.24) is 0 Å². The van der Waals surface area contributed by atoms with Crippen molar-refractivity contribution in [1.29, 1.82) is 0 Å². The van der Waals surface area contributed by atoms with E-state index in [-0.39, 0.29) is 5.82 Å². The van der Waals surface area contributed by atoms with Gasteiger partial charge in [-0.25, -0.2) is 4.39 Å². The minimum atomic E-state index is -0.947. The van der Waals surface area contributed by atoms with Crippen LogP contribution in [0.4, 0.5) is 4.39 Å². The molecular weight excluding hydrogens is 307 g/mol. The third kappa shape index (κ3) is 3.04. The van der Waals surface area contributed by atoms with E-state index in [2.05, 4.69) is 15.9 Å². The molecule has 0 aliphatic heterocycles. The quantitative estimate of drug-likeness (QED) is 0.857. The monoisotopic (exact) mass is 322 g/mol. The van der Waals surface area contributed by atoms with Gasteiger partial charge < -0.3 is 5.11 Å². The van der Waals surface area contributed by atoms with E-state index in [1.165, 1.54) is 6.07 Å². The van der Waals surface area contributed by atoms with E-state index in [1.54, 1.807) is 0 Å². The first kappa shape index (κ1) is 14.2. The highest BCUT2D eigenvalue weighted by molar-refractivity contribution is 9.10. The minimum Gasteiger partial charge on any atom is -0.384 e. The smallest absolute Gasteiger partial charge is 0.129 e. The Labute approximate surface area is 121 Å². The predicted octanol–water partition coefficient (Wildman–Crippen LogP) is 4.60. The third-order valence-corrected chi connectivity index (χ3v) is 3.59. The largest absolute Gasteiger partial charge is 0.384 e. The van der Waals surface area contributed by atoms with Crippen LogP contribution in [0.1, 0.15) is 33.9 Å². The normalized spacial score (nSPS) is 12.5. The van der Waals surface area contributed by atoms with Crippen LogP contribution in [0.3, 0.4) is 0 Å². The molecule has 19 heavy (non-hydrogen) atoms. The molecule has 2 aromatic carbocycles. The fourth-order valence-corrected chi connectivity index (χ4v) is 2.99. The van der Waals surface area contributed by atoms with Crippen LogP contribution in [0, 0.1) is 26.6 Å². The summed E-state index contributed by atoms with van der Waals surface area (Å²) in [5.74, 6) is -0.359. The van der Waals surface area contributed by atoms with Crippen LogP contribution in [-0.2, 0) is 0 Å². The number of aliphatic hydroxyl groups excluding tert-OH is 1. The fraction of sp³-hybridized carbons (Fsp3) is 0.250. The molecule has 0 aliphatic rings. The van der Waals surface area contributed by atoms with Crippen LogP contribution < -0.4 is 0 Å². The number of benzene rings is 2. The lowest BCUT2D eigenvalue weighted by molar-refractivity contribution is 0.214. The predicted molar refractivity (Wildman–Crippen MR) is 78.8 cm³/mol. The molecule has 1 nitrogen and oxygen atoms in total. The molecule has 0 saturated heterocycles. The van der Waals surface area contributed by atoms with Gasteiger partial charge in [0.15, 0.2) is 0 Å². The van der Waals surface area contributed by atoms with Gasteiger partial charge in [0, 0.05) is 10.0 Å². The van der Waals surface area contributed by atoms with Crippen molar-refractivity contribution in [2.45, 2.75) is 26.9 Å². The summed E-state index contributed by atoms with van der Waals surface area (Å²) < 4.78 is 15.0. The van der Waals surface area contributed by atoms with Gasteiger partial charge in [0.2, 0.25) is 0 Å². The van der Waals surface area contributed by atoms with Gasteiger partial charge in [-0.3, -0.25) is 0 Å². The summed E-state index contributed by atoms with van der Waals surface area (Å²) in [6.07, 6.45) is -0.947. The highest BCUT2D eigenvalue weighted by Gasteiger charge is 2.18. The van der Waals surface area contributed by atoms with Gasteiger partial charge in [-0.05, 0) is 61.2 Å². The number of hydrogen-bond acceptors (Lipinski definition) is 1. The molecule has 0 heterocycles. The Morgan fingerprint density at radius 1 is 1.00 bits per heavy atom. The highest BCUT2D eigenvalue weighted by Crippen LogP contribution is 2.30. The second-order valence-electron chi connectivity index (χ2n) is 4.94. The van der Waals surface area contributed by atoms with E-state index in [1.807, 2.05) is 45.0 Å². The van der Waals surface area contributed by atoms with Crippen molar-refractivity contribution in [2.24, 2.45) is 0 Å². The van der Waals surface area contributed by atoms with Crippen molar-refractivity contribution in [3.8, 4) is 0 Å². The Bertz CT molecular complexity index is 579. The number of aryl methyl sites for hydroxylation is 3. The number of hydrogen-bond donors (Lipinski definition) is 1. The van der Waals surface area contributed by atoms with E-state index < -0.39 is 6.10 Å². The maximum Gasteiger partial charge on any atom is 0.129 e. The molecule has 3 heteroatoms. The van der Waals surface area contributed by atoms with E-state index in [0.29, 0.717) is 11.1 Å². The van der Waals surface area contributed by atoms with Gasteiger partial charge in [-0.2, -0.15) is 0 Å². The molecule has 1 unspecified atom stereocenters. The first-order chi connectivity index (χ1) is 8.88. The van der Waals surface area contributed by atoms with Gasteiger partial charge in [-0.15, -0.1) is 0 Å². The summed E-state index contributed by atoms with van der Waals surface area (Å²) >= 11 is 3.40. The van der Waals surface area contributed by atoms with Gasteiger partial charge in [0.25, 0.3) is 0 Å². The van der Waals surface area contributed by atoms with E-state index in [9.17, 15) is 9.50 Å². The summed E-state index contributed by atoms with van der Waals surface area (Å²) in [5.41, 5.74) is 3.69. The van der Waals surface area contributed by atoms with Crippen molar-refractivity contribution in [2.75, 3.05) is 0 Å². The molecule has 100 valence electrons. The third-order valence-electron chi connectivity index (χ3n) is 3.13. The zero-order valence-electron chi connectivity index (χ0n) is 11.2. The zero-order valence-corrected chi connectivity index (χ0v) is 12.8. The van der Waals surface area contributed by atoms with E-state index >= 15 is 0 Å². The molecule has 0 radical (unpaired) electrons. The summed E-state index contributed by atoms with van der Waals surface area (Å²) in [6.45, 7) is 5.61. The van der Waals surface area contributed by atoms with Crippen LogP contribution in [0.25, 0.3) is 0 Å². The van der Waals surface area contributed by atoms with Crippen molar-refractivity contribution in [3.63, 3.8) is 0 Å². The molecule has 0 aromatic heterocycles. The van der Waals surface area contributed by atoms with Crippen molar-refractivity contribution in [3.05, 3.63) is 68.4 Å². The lowest BCUT2D eigenvalue weighted by Gasteiger charge is -2.17. The van der Waals surface area contributed by atoms with Crippen LogP contribution in [-0.4, -0.2) is 5.11 Å². The van der Waals surface area contributed by atoms with E-state index in [0.717, 1.165) is 21.2 Å². The number of aliphatic hydroxyl groups is 1. The van der Waals surface area contributed by atoms with E-state index in [4.69, 9.17) is 0 Å². The molecule has 0 spiro atoms. The molecule has 0 saturated carbocycles. The van der Waals surface area contributed by atoms with Gasteiger partial charge in [0.1, 0.15) is 11.9 Å². The molecule has 2 rings (SSSR count).